The molecule has 4 saturated carbocycles. The minimum Gasteiger partial charge on any atom is -0.340 e. The summed E-state index contributed by atoms with van der Waals surface area (Å²) in [4.78, 5) is 15.6. The molecule has 4 bridgehead atoms. The van der Waals surface area contributed by atoms with E-state index in [-0.39, 0.29) is 15.3 Å². The van der Waals surface area contributed by atoms with Crippen LogP contribution in [-0.4, -0.2) is 49.7 Å². The summed E-state index contributed by atoms with van der Waals surface area (Å²) in [5.41, 5.74) is -0.154. The van der Waals surface area contributed by atoms with Gasteiger partial charge in [0.1, 0.15) is 4.90 Å². The summed E-state index contributed by atoms with van der Waals surface area (Å²) in [6.45, 7) is 1.63. The highest BCUT2D eigenvalue weighted by Gasteiger charge is 2.55. The lowest BCUT2D eigenvalue weighted by atomic mass is 9.49. The molecule has 0 unspecified atom stereocenters. The summed E-state index contributed by atoms with van der Waals surface area (Å²) in [7, 11) is -3.62. The Balaban J connectivity index is 1.29. The zero-order valence-corrected chi connectivity index (χ0v) is 17.6. The van der Waals surface area contributed by atoms with Gasteiger partial charge in [0.25, 0.3) is 0 Å². The van der Waals surface area contributed by atoms with E-state index in [2.05, 4.69) is 0 Å². The molecule has 1 heterocycles. The number of carbonyl (C=O) groups excluding carboxylic acids is 1. The van der Waals surface area contributed by atoms with Crippen LogP contribution >= 0.6 is 11.6 Å². The molecule has 0 aromatic heterocycles. The van der Waals surface area contributed by atoms with E-state index in [9.17, 15) is 13.2 Å². The van der Waals surface area contributed by atoms with Gasteiger partial charge in [-0.2, -0.15) is 4.31 Å². The molecular formula is C21H27ClN2O3S. The molecule has 1 saturated heterocycles. The van der Waals surface area contributed by atoms with Crippen molar-refractivity contribution in [3.8, 4) is 0 Å². The van der Waals surface area contributed by atoms with E-state index in [0.29, 0.717) is 32.1 Å². The van der Waals surface area contributed by atoms with Gasteiger partial charge in [-0.1, -0.05) is 23.7 Å². The molecule has 5 nitrogen and oxygen atoms in total. The minimum atomic E-state index is -3.62. The van der Waals surface area contributed by atoms with Crippen molar-refractivity contribution in [2.45, 2.75) is 43.4 Å². The number of carbonyl (C=O) groups is 1. The average molecular weight is 423 g/mol. The SMILES string of the molecule is O=C(N1CCN(S(=O)(=O)c2ccccc2Cl)CC1)C12CC3CC(CC(C3)C1)C2. The molecular weight excluding hydrogens is 396 g/mol. The van der Waals surface area contributed by atoms with Gasteiger partial charge in [0.2, 0.25) is 15.9 Å². The van der Waals surface area contributed by atoms with Crippen molar-refractivity contribution >= 4 is 27.5 Å². The first-order valence-electron chi connectivity index (χ1n) is 10.4. The second-order valence-corrected chi connectivity index (χ2v) is 11.6. The van der Waals surface area contributed by atoms with Crippen molar-refractivity contribution < 1.29 is 13.2 Å². The van der Waals surface area contributed by atoms with Crippen molar-refractivity contribution in [2.75, 3.05) is 26.2 Å². The van der Waals surface area contributed by atoms with Crippen LogP contribution in [0.1, 0.15) is 38.5 Å². The van der Waals surface area contributed by atoms with Crippen molar-refractivity contribution in [1.29, 1.82) is 0 Å². The molecule has 6 rings (SSSR count). The molecule has 4 aliphatic carbocycles. The van der Waals surface area contributed by atoms with E-state index >= 15 is 0 Å². The molecule has 5 aliphatic rings. The predicted molar refractivity (Wildman–Crippen MR) is 107 cm³/mol. The Hall–Kier alpha value is -1.11. The van der Waals surface area contributed by atoms with Crippen LogP contribution in [0.5, 0.6) is 0 Å². The van der Waals surface area contributed by atoms with E-state index in [4.69, 9.17) is 11.6 Å². The molecule has 152 valence electrons. The lowest BCUT2D eigenvalue weighted by Crippen LogP contribution is -2.58. The van der Waals surface area contributed by atoms with Gasteiger partial charge in [0.15, 0.2) is 0 Å². The molecule has 0 N–H and O–H groups in total. The number of nitrogens with zero attached hydrogens (tertiary/aromatic N) is 2. The average Bonchev–Trinajstić information content (AvgIpc) is 2.66. The summed E-state index contributed by atoms with van der Waals surface area (Å²) in [5, 5.41) is 0.245. The fraction of sp³-hybridized carbons (Fsp3) is 0.667. The number of halogens is 1. The zero-order valence-electron chi connectivity index (χ0n) is 16.0. The van der Waals surface area contributed by atoms with Crippen molar-refractivity contribution in [2.24, 2.45) is 23.2 Å². The molecule has 1 aliphatic heterocycles. The first-order valence-corrected chi connectivity index (χ1v) is 12.2. The number of rotatable bonds is 3. The van der Waals surface area contributed by atoms with Crippen LogP contribution in [0.4, 0.5) is 0 Å². The molecule has 0 spiro atoms. The van der Waals surface area contributed by atoms with Crippen molar-refractivity contribution in [3.63, 3.8) is 0 Å². The number of hydrogen-bond donors (Lipinski definition) is 0. The molecule has 0 atom stereocenters. The Labute approximate surface area is 172 Å². The lowest BCUT2D eigenvalue weighted by molar-refractivity contribution is -0.158. The highest BCUT2D eigenvalue weighted by molar-refractivity contribution is 7.89. The maximum Gasteiger partial charge on any atom is 0.244 e. The Kier molecular flexibility index (Phi) is 4.53. The van der Waals surface area contributed by atoms with Crippen LogP contribution in [0.3, 0.4) is 0 Å². The smallest absolute Gasteiger partial charge is 0.244 e. The lowest BCUT2D eigenvalue weighted by Gasteiger charge is -2.57. The maximum absolute atomic E-state index is 13.5. The van der Waals surface area contributed by atoms with E-state index in [1.807, 2.05) is 4.90 Å². The molecule has 28 heavy (non-hydrogen) atoms. The molecule has 5 fully saturated rings. The second-order valence-electron chi connectivity index (χ2n) is 9.32. The van der Waals surface area contributed by atoms with Crippen LogP contribution in [0.25, 0.3) is 0 Å². The fourth-order valence-corrected chi connectivity index (χ4v) is 8.55. The predicted octanol–water partition coefficient (Wildman–Crippen LogP) is 3.39. The highest BCUT2D eigenvalue weighted by Crippen LogP contribution is 2.60. The summed E-state index contributed by atoms with van der Waals surface area (Å²) in [6, 6.07) is 6.56. The Morgan fingerprint density at radius 2 is 1.46 bits per heavy atom. The number of benzene rings is 1. The molecule has 1 amide bonds. The second kappa shape index (κ2) is 6.71. The van der Waals surface area contributed by atoms with E-state index < -0.39 is 10.0 Å². The third-order valence-corrected chi connectivity index (χ3v) is 9.87. The maximum atomic E-state index is 13.5. The summed E-state index contributed by atoms with van der Waals surface area (Å²) < 4.78 is 27.4. The Bertz CT molecular complexity index is 857. The van der Waals surface area contributed by atoms with Crippen LogP contribution in [-0.2, 0) is 14.8 Å². The number of sulfonamides is 1. The largest absolute Gasteiger partial charge is 0.340 e. The summed E-state index contributed by atoms with van der Waals surface area (Å²) >= 11 is 6.11. The van der Waals surface area contributed by atoms with Gasteiger partial charge < -0.3 is 4.90 Å². The highest BCUT2D eigenvalue weighted by atomic mass is 35.5. The first-order chi connectivity index (χ1) is 13.4. The van der Waals surface area contributed by atoms with Crippen molar-refractivity contribution in [1.82, 2.24) is 9.21 Å². The topological polar surface area (TPSA) is 57.7 Å². The van der Waals surface area contributed by atoms with Gasteiger partial charge in [0.05, 0.1) is 10.4 Å². The van der Waals surface area contributed by atoms with Crippen LogP contribution < -0.4 is 0 Å². The molecule has 7 heteroatoms. The monoisotopic (exact) mass is 422 g/mol. The van der Waals surface area contributed by atoms with E-state index in [0.717, 1.165) is 37.0 Å². The molecule has 1 aromatic rings. The van der Waals surface area contributed by atoms with Gasteiger partial charge in [-0.15, -0.1) is 0 Å². The van der Waals surface area contributed by atoms with Crippen LogP contribution in [0, 0.1) is 23.2 Å². The van der Waals surface area contributed by atoms with Gasteiger partial charge in [-0.25, -0.2) is 8.42 Å². The van der Waals surface area contributed by atoms with E-state index in [1.165, 1.54) is 23.6 Å². The van der Waals surface area contributed by atoms with E-state index in [1.54, 1.807) is 24.3 Å². The van der Waals surface area contributed by atoms with Crippen LogP contribution in [0.15, 0.2) is 29.2 Å². The quantitative estimate of drug-likeness (QED) is 0.750. The van der Waals surface area contributed by atoms with Crippen molar-refractivity contribution in [3.05, 3.63) is 29.3 Å². The Morgan fingerprint density at radius 3 is 2.00 bits per heavy atom. The summed E-state index contributed by atoms with van der Waals surface area (Å²) in [5.74, 6) is 2.49. The number of hydrogen-bond acceptors (Lipinski definition) is 3. The zero-order chi connectivity index (χ0) is 19.5. The number of piperazine rings is 1. The molecule has 1 aromatic carbocycles. The Morgan fingerprint density at radius 1 is 0.929 bits per heavy atom. The summed E-state index contributed by atoms with van der Waals surface area (Å²) in [6.07, 6.45) is 7.10. The number of amides is 1. The minimum absolute atomic E-state index is 0.150. The fourth-order valence-electron chi connectivity index (χ4n) is 6.63. The van der Waals surface area contributed by atoms with Gasteiger partial charge in [-0.3, -0.25) is 4.79 Å². The third-order valence-electron chi connectivity index (χ3n) is 7.47. The van der Waals surface area contributed by atoms with Gasteiger partial charge >= 0.3 is 0 Å². The van der Waals surface area contributed by atoms with Gasteiger partial charge in [-0.05, 0) is 68.4 Å². The molecule has 0 radical (unpaired) electrons. The normalized spacial score (nSPS) is 35.3. The standard InChI is InChI=1S/C21H27ClN2O3S/c22-18-3-1-2-4-19(18)28(26,27)24-7-5-23(6-8-24)20(25)21-12-15-9-16(13-21)11-17(10-15)14-21/h1-4,15-17H,5-14H2. The van der Waals surface area contributed by atoms with Gasteiger partial charge in [0, 0.05) is 26.2 Å². The van der Waals surface area contributed by atoms with Crippen LogP contribution in [0.2, 0.25) is 5.02 Å². The third kappa shape index (κ3) is 2.99. The first kappa shape index (κ1) is 18.9.